The van der Waals surface area contributed by atoms with Gasteiger partial charge in [-0.3, -0.25) is 9.38 Å². The number of aliphatic hydroxyl groups excluding tert-OH is 2. The molecule has 5 aliphatic carbocycles. The van der Waals surface area contributed by atoms with Crippen LogP contribution in [0.25, 0.3) is 0 Å². The summed E-state index contributed by atoms with van der Waals surface area (Å²) in [6, 6.07) is 5.04. The van der Waals surface area contributed by atoms with Crippen molar-refractivity contribution < 1.29 is 52.3 Å². The Balaban J connectivity index is 1.35. The number of halogens is 5. The van der Waals surface area contributed by atoms with Gasteiger partial charge >= 0.3 is 6.03 Å². The van der Waals surface area contributed by atoms with Crippen LogP contribution in [0, 0.1) is 58.4 Å². The highest BCUT2D eigenvalue weighted by atomic mass is 35.5. The number of rotatable bonds is 24. The number of carbonyl (C=O) groups excluding carboxylic acids is 1. The van der Waals surface area contributed by atoms with Gasteiger partial charge in [0.1, 0.15) is 40.0 Å². The Hall–Kier alpha value is -2.28. The Morgan fingerprint density at radius 2 is 1.53 bits per heavy atom. The van der Waals surface area contributed by atoms with E-state index in [1.165, 1.54) is 12.1 Å². The molecule has 5 saturated carbocycles. The van der Waals surface area contributed by atoms with Crippen LogP contribution in [0.5, 0.6) is 0 Å². The first kappa shape index (κ1) is 57.9. The Morgan fingerprint density at radius 1 is 0.865 bits per heavy atom. The molecule has 0 aromatic heterocycles. The Kier molecular flexibility index (Phi) is 19.4. The molecule has 7 aliphatic rings. The number of hydrogen-bond donors (Lipinski definition) is 7. The van der Waals surface area contributed by atoms with E-state index in [1.54, 1.807) is 38.3 Å². The molecule has 0 radical (unpaired) electrons. The second-order valence-electron chi connectivity index (χ2n) is 23.8. The third kappa shape index (κ3) is 11.2. The van der Waals surface area contributed by atoms with Gasteiger partial charge in [0, 0.05) is 69.5 Å². The number of quaternary nitrogens is 1. The molecule has 2 aromatic rings. The number of aliphatic hydroxyl groups is 4. The number of carbonyl (C=O) groups is 1. The summed E-state index contributed by atoms with van der Waals surface area (Å²) in [5.74, 6) is -3.30. The average Bonchev–Trinajstić information content (AvgIpc) is 3.82. The predicted octanol–water partition coefficient (Wildman–Crippen LogP) is 9.14. The van der Waals surface area contributed by atoms with Gasteiger partial charge in [0.25, 0.3) is 0 Å². The number of ether oxygens (including phenoxy) is 2. The molecule has 12 nitrogen and oxygen atoms in total. The number of nitrogens with zero attached hydrogens (tertiary/aromatic N) is 2. The smallest absolute Gasteiger partial charge is 0.322 e. The minimum absolute atomic E-state index is 0.0134. The molecule has 2 aromatic carbocycles. The van der Waals surface area contributed by atoms with Crippen molar-refractivity contribution in [3.05, 3.63) is 69.0 Å². The van der Waals surface area contributed by atoms with Crippen LogP contribution in [0.2, 0.25) is 10.0 Å². The van der Waals surface area contributed by atoms with E-state index in [0.717, 1.165) is 70.3 Å². The highest BCUT2D eigenvalue weighted by Crippen LogP contribution is 2.68. The van der Waals surface area contributed by atoms with Gasteiger partial charge in [0.15, 0.2) is 12.0 Å². The highest BCUT2D eigenvalue weighted by molar-refractivity contribution is 6.31. The van der Waals surface area contributed by atoms with E-state index in [4.69, 9.17) is 38.4 Å². The largest absolute Gasteiger partial charge is 0.391 e. The number of amides is 2. The van der Waals surface area contributed by atoms with Gasteiger partial charge in [-0.2, -0.15) is 0 Å². The van der Waals surface area contributed by atoms with E-state index in [1.807, 2.05) is 0 Å². The first-order chi connectivity index (χ1) is 35.5. The van der Waals surface area contributed by atoms with Crippen LogP contribution < -0.4 is 16.4 Å². The van der Waals surface area contributed by atoms with Crippen LogP contribution in [0.4, 0.5) is 18.0 Å². The summed E-state index contributed by atoms with van der Waals surface area (Å²) in [7, 11) is 4.98. The van der Waals surface area contributed by atoms with Gasteiger partial charge in [-0.15, -0.1) is 0 Å². The third-order valence-corrected chi connectivity index (χ3v) is 20.4. The van der Waals surface area contributed by atoms with Gasteiger partial charge in [-0.1, -0.05) is 60.7 Å². The lowest BCUT2D eigenvalue weighted by Gasteiger charge is -2.63. The molecular formula is C57H87Cl2F3N5O7+. The molecular weight excluding hydrogens is 995 g/mol. The molecule has 4 bridgehead atoms. The maximum Gasteiger partial charge on any atom is 0.322 e. The van der Waals surface area contributed by atoms with Crippen molar-refractivity contribution in [2.75, 3.05) is 67.2 Å². The van der Waals surface area contributed by atoms with Crippen molar-refractivity contribution >= 4 is 29.2 Å². The molecule has 12 atom stereocenters. The summed E-state index contributed by atoms with van der Waals surface area (Å²) >= 11 is 13.0. The number of unbranched alkanes of at least 4 members (excludes halogenated alkanes) is 2. The summed E-state index contributed by atoms with van der Waals surface area (Å²) in [6.45, 7) is 1.68. The number of likely N-dealkylation sites (N-methyl/N-ethyl adjacent to an activating group) is 1. The summed E-state index contributed by atoms with van der Waals surface area (Å²) in [6.07, 6.45) is 10.3. The lowest BCUT2D eigenvalue weighted by Crippen LogP contribution is -2.80. The monoisotopic (exact) mass is 1080 g/mol. The van der Waals surface area contributed by atoms with Crippen molar-refractivity contribution in [1.29, 1.82) is 0 Å². The van der Waals surface area contributed by atoms with Crippen LogP contribution in [0.15, 0.2) is 30.3 Å². The van der Waals surface area contributed by atoms with Gasteiger partial charge in [0.2, 0.25) is 0 Å². The second-order valence-corrected chi connectivity index (χ2v) is 24.6. The zero-order valence-corrected chi connectivity index (χ0v) is 45.7. The maximum atomic E-state index is 17.1. The summed E-state index contributed by atoms with van der Waals surface area (Å²) in [5.41, 5.74) is 2.73. The van der Waals surface area contributed by atoms with Crippen LogP contribution >= 0.6 is 23.2 Å². The van der Waals surface area contributed by atoms with E-state index in [0.29, 0.717) is 76.5 Å². The molecule has 2 saturated heterocycles. The molecule has 74 heavy (non-hydrogen) atoms. The van der Waals surface area contributed by atoms with Crippen molar-refractivity contribution in [2.45, 2.75) is 170 Å². The fraction of sp³-hybridized carbons (Fsp3) is 0.772. The Labute approximate surface area is 448 Å². The third-order valence-electron chi connectivity index (χ3n) is 19.8. The van der Waals surface area contributed by atoms with Crippen molar-refractivity contribution in [1.82, 2.24) is 15.5 Å². The lowest BCUT2D eigenvalue weighted by molar-refractivity contribution is -0.997. The van der Waals surface area contributed by atoms with Gasteiger partial charge < -0.3 is 46.3 Å². The number of urea groups is 1. The number of piperidine rings is 2. The minimum atomic E-state index is -2.09. The van der Waals surface area contributed by atoms with Crippen molar-refractivity contribution in [2.24, 2.45) is 46.7 Å². The molecule has 0 spiro atoms. The van der Waals surface area contributed by atoms with E-state index in [9.17, 15) is 20.4 Å². The van der Waals surface area contributed by atoms with Gasteiger partial charge in [-0.25, -0.2) is 18.0 Å². The van der Waals surface area contributed by atoms with Crippen molar-refractivity contribution in [3.8, 4) is 0 Å². The zero-order valence-electron chi connectivity index (χ0n) is 44.2. The minimum Gasteiger partial charge on any atom is -0.391 e. The first-order valence-corrected chi connectivity index (χ1v) is 28.9. The normalized spacial score (nSPS) is 31.4. The topological polar surface area (TPSA) is 170 Å². The standard InChI is InChI=1S/C57H86Cl2F3N5O7/c1-64-34-46(51(68)38-14-5-4-6-15-38)65-54(70)66-24-12-18-43(57(72,23-8-10-27-74-3)42-20-21-45(60)48(59)50(42)62)53(66)67(47(33-63)52(69)55-31-36-28-37(32-55)30-40(55)29-36)25-13-16-39(35-67)56(71,22-7-9-26-73-2)41-17-11-19-44(58)49(41)61/h11,17,19-21,36-40,43,46-47,51-53,64,68-69,71-72H,4-10,12-16,18,22-35,63H2,1-3H3/p+1/t36?,37?,39-,40?,43?,46-,47-,51+,52-,53?,55?,56+,57-,67?/m1/s1. The first-order valence-electron chi connectivity index (χ1n) is 28.2. The van der Waals surface area contributed by atoms with Crippen LogP contribution in [-0.4, -0.2) is 134 Å². The van der Waals surface area contributed by atoms with Crippen molar-refractivity contribution in [3.63, 3.8) is 0 Å². The predicted molar refractivity (Wildman–Crippen MR) is 282 cm³/mol. The van der Waals surface area contributed by atoms with E-state index >= 15 is 18.0 Å². The number of likely N-dealkylation sites (tertiary alicyclic amines) is 2. The summed E-state index contributed by atoms with van der Waals surface area (Å²) < 4.78 is 59.9. The summed E-state index contributed by atoms with van der Waals surface area (Å²) in [5, 5.41) is 59.0. The molecule has 416 valence electrons. The van der Waals surface area contributed by atoms with Crippen LogP contribution in [-0.2, 0) is 20.7 Å². The Bertz CT molecular complexity index is 2190. The Morgan fingerprint density at radius 3 is 2.18 bits per heavy atom. The SMILES string of the molecule is CNC[C@@H](NC(=O)N1CCCC([C@@](O)(CCCCOC)c2ccc(F)c(Cl)c2F)C1[N+]1([C@H](CN)[C@@H](O)C23CC4CC(CC2C4)C3)CCC[C@@H]([C@@](O)(CCCCOC)c2cccc(Cl)c2F)C1)[C@@H](O)C1CCCCC1. The van der Waals surface area contributed by atoms with Crippen LogP contribution in [0.3, 0.4) is 0 Å². The van der Waals surface area contributed by atoms with E-state index < -0.39 is 87.4 Å². The molecule has 5 unspecified atom stereocenters. The number of methoxy groups -OCH3 is 2. The number of nitrogens with two attached hydrogens (primary N) is 1. The molecule has 2 heterocycles. The molecule has 9 rings (SSSR count). The fourth-order valence-electron chi connectivity index (χ4n) is 16.6. The van der Waals surface area contributed by atoms with Crippen LogP contribution in [0.1, 0.15) is 140 Å². The molecule has 2 aliphatic heterocycles. The maximum absolute atomic E-state index is 17.1. The summed E-state index contributed by atoms with van der Waals surface area (Å²) in [4.78, 5) is 17.6. The number of hydrogen-bond acceptors (Lipinski definition) is 9. The lowest BCUT2D eigenvalue weighted by atomic mass is 9.66. The zero-order chi connectivity index (χ0) is 53.0. The molecule has 8 N–H and O–H groups in total. The van der Waals surface area contributed by atoms with E-state index in [2.05, 4.69) is 10.6 Å². The van der Waals surface area contributed by atoms with E-state index in [-0.39, 0.29) is 77.9 Å². The molecule has 7 fully saturated rings. The highest BCUT2D eigenvalue weighted by Gasteiger charge is 2.68. The fourth-order valence-corrected chi connectivity index (χ4v) is 16.9. The molecule has 2 amide bonds. The van der Waals surface area contributed by atoms with Gasteiger partial charge in [-0.05, 0) is 152 Å². The number of nitrogens with one attached hydrogen (secondary N) is 2. The van der Waals surface area contributed by atoms with Gasteiger partial charge in [0.05, 0.1) is 36.2 Å². The quantitative estimate of drug-likeness (QED) is 0.0308. The average molecular weight is 1080 g/mol. The molecule has 17 heteroatoms. The number of benzene rings is 2. The second kappa shape index (κ2) is 24.8.